The van der Waals surface area contributed by atoms with Crippen molar-refractivity contribution in [1.29, 1.82) is 0 Å². The minimum Gasteiger partial charge on any atom is -0.388 e. The molecule has 1 N–H and O–H groups in total. The molecule has 0 aliphatic carbocycles. The van der Waals surface area contributed by atoms with E-state index in [4.69, 9.17) is 4.52 Å². The van der Waals surface area contributed by atoms with Gasteiger partial charge in [0.05, 0.1) is 11.7 Å². The van der Waals surface area contributed by atoms with Crippen LogP contribution in [0.4, 0.5) is 4.39 Å². The van der Waals surface area contributed by atoms with Crippen molar-refractivity contribution in [3.8, 4) is 11.3 Å². The Hall–Kier alpha value is -2.99. The summed E-state index contributed by atoms with van der Waals surface area (Å²) in [6.07, 6.45) is -0.967. The molecule has 0 aliphatic heterocycles. The molecule has 0 saturated carbocycles. The molecule has 0 fully saturated rings. The van der Waals surface area contributed by atoms with E-state index in [0.29, 0.717) is 23.4 Å². The number of nitrogens with zero attached hydrogens (tertiary/aromatic N) is 2. The van der Waals surface area contributed by atoms with Gasteiger partial charge in [-0.05, 0) is 36.8 Å². The van der Waals surface area contributed by atoms with Crippen LogP contribution < -0.4 is 0 Å². The molecule has 0 spiro atoms. The van der Waals surface area contributed by atoms with E-state index >= 15 is 0 Å². The molecule has 26 heavy (non-hydrogen) atoms. The number of aliphatic hydroxyl groups excluding tert-OH is 1. The Balaban J connectivity index is 1.92. The van der Waals surface area contributed by atoms with Crippen molar-refractivity contribution < 1.29 is 18.8 Å². The molecule has 1 atom stereocenters. The number of carbonyl (C=O) groups is 1. The molecular formula is C20H19FN2O3. The molecule has 0 aliphatic rings. The fraction of sp³-hybridized carbons (Fsp3) is 0.200. The molecule has 5 nitrogen and oxygen atoms in total. The van der Waals surface area contributed by atoms with Crippen LogP contribution in [0.25, 0.3) is 11.3 Å². The smallest absolute Gasteiger partial charge is 0.292 e. The second kappa shape index (κ2) is 7.49. The largest absolute Gasteiger partial charge is 0.388 e. The Morgan fingerprint density at radius 2 is 1.85 bits per heavy atom. The van der Waals surface area contributed by atoms with E-state index in [-0.39, 0.29) is 17.5 Å². The lowest BCUT2D eigenvalue weighted by atomic mass is 10.0. The summed E-state index contributed by atoms with van der Waals surface area (Å²) in [5.41, 5.74) is 2.16. The van der Waals surface area contributed by atoms with Crippen LogP contribution in [0.5, 0.6) is 0 Å². The van der Waals surface area contributed by atoms with E-state index in [1.54, 1.807) is 7.05 Å². The molecular weight excluding hydrogens is 335 g/mol. The van der Waals surface area contributed by atoms with Crippen LogP contribution in [0.3, 0.4) is 0 Å². The highest BCUT2D eigenvalue weighted by atomic mass is 19.1. The Morgan fingerprint density at radius 1 is 1.19 bits per heavy atom. The number of halogens is 1. The number of amides is 1. The monoisotopic (exact) mass is 354 g/mol. The van der Waals surface area contributed by atoms with Crippen molar-refractivity contribution in [2.75, 3.05) is 7.05 Å². The van der Waals surface area contributed by atoms with Crippen LogP contribution in [-0.2, 0) is 6.54 Å². The summed E-state index contributed by atoms with van der Waals surface area (Å²) in [5, 5.41) is 14.1. The summed E-state index contributed by atoms with van der Waals surface area (Å²) >= 11 is 0. The predicted molar refractivity (Wildman–Crippen MR) is 94.8 cm³/mol. The van der Waals surface area contributed by atoms with Crippen LogP contribution in [0.15, 0.2) is 59.1 Å². The van der Waals surface area contributed by atoms with Gasteiger partial charge in [0, 0.05) is 19.2 Å². The van der Waals surface area contributed by atoms with Gasteiger partial charge in [0.2, 0.25) is 5.76 Å². The van der Waals surface area contributed by atoms with Gasteiger partial charge in [0.15, 0.2) is 0 Å². The van der Waals surface area contributed by atoms with Gasteiger partial charge in [-0.1, -0.05) is 35.5 Å². The van der Waals surface area contributed by atoms with Gasteiger partial charge in [-0.2, -0.15) is 0 Å². The Kier molecular flexibility index (Phi) is 5.14. The Bertz CT molecular complexity index is 889. The zero-order chi connectivity index (χ0) is 18.7. The molecule has 134 valence electrons. The van der Waals surface area contributed by atoms with Gasteiger partial charge in [-0.15, -0.1) is 0 Å². The van der Waals surface area contributed by atoms with E-state index in [1.807, 2.05) is 30.3 Å². The average molecular weight is 354 g/mol. The molecule has 3 rings (SSSR count). The first-order valence-electron chi connectivity index (χ1n) is 8.20. The standard InChI is InChI=1S/C20H19FN2O3/c1-13(24)17-18(15-8-10-16(21)11-9-15)22-26-19(17)20(25)23(2)12-14-6-4-3-5-7-14/h3-11,13,24H,12H2,1-2H3. The minimum atomic E-state index is -0.967. The first kappa shape index (κ1) is 17.8. The summed E-state index contributed by atoms with van der Waals surface area (Å²) < 4.78 is 18.4. The van der Waals surface area contributed by atoms with Gasteiger partial charge in [-0.3, -0.25) is 4.79 Å². The number of rotatable bonds is 5. The predicted octanol–water partition coefficient (Wildman–Crippen LogP) is 3.81. The van der Waals surface area contributed by atoms with E-state index < -0.39 is 6.10 Å². The molecule has 6 heteroatoms. The Morgan fingerprint density at radius 3 is 2.46 bits per heavy atom. The van der Waals surface area contributed by atoms with Gasteiger partial charge in [-0.25, -0.2) is 4.39 Å². The molecule has 2 aromatic carbocycles. The maximum atomic E-state index is 13.2. The summed E-state index contributed by atoms with van der Waals surface area (Å²) in [6.45, 7) is 1.93. The van der Waals surface area contributed by atoms with E-state index in [2.05, 4.69) is 5.16 Å². The molecule has 1 unspecified atom stereocenters. The highest BCUT2D eigenvalue weighted by Crippen LogP contribution is 2.31. The van der Waals surface area contributed by atoms with Crippen molar-refractivity contribution in [3.63, 3.8) is 0 Å². The van der Waals surface area contributed by atoms with E-state index in [1.165, 1.54) is 36.1 Å². The molecule has 0 radical (unpaired) electrons. The average Bonchev–Trinajstić information content (AvgIpc) is 3.07. The summed E-state index contributed by atoms with van der Waals surface area (Å²) in [5.74, 6) is -0.780. The quantitative estimate of drug-likeness (QED) is 0.757. The minimum absolute atomic E-state index is 0.0160. The molecule has 3 aromatic rings. The van der Waals surface area contributed by atoms with Gasteiger partial charge in [0.1, 0.15) is 11.5 Å². The maximum Gasteiger partial charge on any atom is 0.292 e. The highest BCUT2D eigenvalue weighted by Gasteiger charge is 2.28. The third-order valence-electron chi connectivity index (χ3n) is 4.07. The zero-order valence-corrected chi connectivity index (χ0v) is 14.5. The van der Waals surface area contributed by atoms with Crippen molar-refractivity contribution in [3.05, 3.63) is 77.3 Å². The number of benzene rings is 2. The molecule has 1 heterocycles. The van der Waals surface area contributed by atoms with Crippen LogP contribution in [0.1, 0.15) is 34.7 Å². The summed E-state index contributed by atoms with van der Waals surface area (Å²) in [4.78, 5) is 14.3. The van der Waals surface area contributed by atoms with Crippen molar-refractivity contribution in [2.24, 2.45) is 0 Å². The van der Waals surface area contributed by atoms with E-state index in [0.717, 1.165) is 5.56 Å². The lowest BCUT2D eigenvalue weighted by Crippen LogP contribution is -2.27. The third kappa shape index (κ3) is 3.65. The highest BCUT2D eigenvalue weighted by molar-refractivity contribution is 5.94. The molecule has 1 amide bonds. The zero-order valence-electron chi connectivity index (χ0n) is 14.5. The van der Waals surface area contributed by atoms with Crippen molar-refractivity contribution in [2.45, 2.75) is 19.6 Å². The topological polar surface area (TPSA) is 66.6 Å². The van der Waals surface area contributed by atoms with Crippen LogP contribution in [0, 0.1) is 5.82 Å². The van der Waals surface area contributed by atoms with Gasteiger partial charge in [0.25, 0.3) is 5.91 Å². The van der Waals surface area contributed by atoms with Crippen LogP contribution in [0.2, 0.25) is 0 Å². The normalized spacial score (nSPS) is 12.0. The van der Waals surface area contributed by atoms with Crippen LogP contribution in [-0.4, -0.2) is 28.1 Å². The van der Waals surface area contributed by atoms with Gasteiger partial charge < -0.3 is 14.5 Å². The molecule has 0 bridgehead atoms. The van der Waals surface area contributed by atoms with Gasteiger partial charge >= 0.3 is 0 Å². The third-order valence-corrected chi connectivity index (χ3v) is 4.07. The second-order valence-corrected chi connectivity index (χ2v) is 6.10. The van der Waals surface area contributed by atoms with E-state index in [9.17, 15) is 14.3 Å². The number of hydrogen-bond acceptors (Lipinski definition) is 4. The Labute approximate surface area is 150 Å². The first-order chi connectivity index (χ1) is 12.5. The fourth-order valence-electron chi connectivity index (χ4n) is 2.76. The number of aliphatic hydroxyl groups is 1. The molecule has 0 saturated heterocycles. The lowest BCUT2D eigenvalue weighted by molar-refractivity contribution is 0.0735. The number of carbonyl (C=O) groups excluding carboxylic acids is 1. The maximum absolute atomic E-state index is 13.2. The van der Waals surface area contributed by atoms with Crippen LogP contribution >= 0.6 is 0 Å². The SMILES string of the molecule is CC(O)c1c(-c2ccc(F)cc2)noc1C(=O)N(C)Cc1ccccc1. The summed E-state index contributed by atoms with van der Waals surface area (Å²) in [6, 6.07) is 15.2. The number of aromatic nitrogens is 1. The second-order valence-electron chi connectivity index (χ2n) is 6.10. The number of hydrogen-bond donors (Lipinski definition) is 1. The molecule has 1 aromatic heterocycles. The van der Waals surface area contributed by atoms with Crippen molar-refractivity contribution >= 4 is 5.91 Å². The first-order valence-corrected chi connectivity index (χ1v) is 8.20. The summed E-state index contributed by atoms with van der Waals surface area (Å²) in [7, 11) is 1.65. The van der Waals surface area contributed by atoms with Crippen molar-refractivity contribution in [1.82, 2.24) is 10.1 Å². The lowest BCUT2D eigenvalue weighted by Gasteiger charge is -2.17. The fourth-order valence-corrected chi connectivity index (χ4v) is 2.76.